The largest absolute Gasteiger partial charge is 0.356 e. The van der Waals surface area contributed by atoms with Crippen molar-refractivity contribution in [2.24, 2.45) is 18.9 Å². The van der Waals surface area contributed by atoms with Crippen LogP contribution in [0.4, 0.5) is 20.4 Å². The number of thiazole rings is 1. The van der Waals surface area contributed by atoms with E-state index in [9.17, 15) is 23.2 Å². The lowest BCUT2D eigenvalue weighted by Crippen LogP contribution is -2.40. The van der Waals surface area contributed by atoms with Gasteiger partial charge in [0.15, 0.2) is 11.2 Å². The van der Waals surface area contributed by atoms with Crippen molar-refractivity contribution < 1.29 is 13.6 Å². The first-order valence-electron chi connectivity index (χ1n) is 12.0. The molecule has 6 rings (SSSR count). The first kappa shape index (κ1) is 24.9. The predicted octanol–water partition coefficient (Wildman–Crippen LogP) is 1.84. The van der Waals surface area contributed by atoms with Crippen LogP contribution < -0.4 is 21.5 Å². The molecule has 2 aliphatic rings. The molecular formula is C24H21F2N9O3S. The fourth-order valence-electron chi connectivity index (χ4n) is 5.01. The SMILES string of the molecule is C[C@@H](C(=O)Nc1csc(-c2ccc(N3CC4C(C3)C4(F)F)nc2)n1)n1cnc2c1c(=O)n(CC#N)c(=O)n2C. The van der Waals surface area contributed by atoms with Crippen LogP contribution in [-0.2, 0) is 18.4 Å². The number of alkyl halides is 2. The van der Waals surface area contributed by atoms with Gasteiger partial charge in [-0.3, -0.25) is 14.2 Å². The smallest absolute Gasteiger partial charge is 0.333 e. The number of piperidine rings is 1. The molecule has 4 aromatic rings. The highest BCUT2D eigenvalue weighted by molar-refractivity contribution is 7.13. The Morgan fingerprint density at radius 2 is 2.03 bits per heavy atom. The van der Waals surface area contributed by atoms with Crippen molar-refractivity contribution >= 4 is 40.0 Å². The van der Waals surface area contributed by atoms with Crippen molar-refractivity contribution in [2.75, 3.05) is 23.3 Å². The van der Waals surface area contributed by atoms with E-state index in [1.54, 1.807) is 30.6 Å². The highest BCUT2D eigenvalue weighted by Crippen LogP contribution is 2.59. The summed E-state index contributed by atoms with van der Waals surface area (Å²) in [6, 6.07) is 4.49. The van der Waals surface area contributed by atoms with Gasteiger partial charge in [-0.05, 0) is 19.1 Å². The molecule has 1 aliphatic carbocycles. The summed E-state index contributed by atoms with van der Waals surface area (Å²) in [5, 5.41) is 14.0. The Morgan fingerprint density at radius 1 is 1.28 bits per heavy atom. The summed E-state index contributed by atoms with van der Waals surface area (Å²) in [5.41, 5.74) is -0.540. The van der Waals surface area contributed by atoms with Gasteiger partial charge in [0, 0.05) is 37.3 Å². The Balaban J connectivity index is 1.17. The van der Waals surface area contributed by atoms with Crippen LogP contribution in [0.2, 0.25) is 0 Å². The first-order valence-corrected chi connectivity index (χ1v) is 12.9. The number of imidazole rings is 1. The molecule has 2 unspecified atom stereocenters. The normalized spacial score (nSPS) is 20.0. The number of carbonyl (C=O) groups is 1. The summed E-state index contributed by atoms with van der Waals surface area (Å²) in [4.78, 5) is 53.2. The molecule has 3 atom stereocenters. The van der Waals surface area contributed by atoms with Gasteiger partial charge in [-0.25, -0.2) is 33.1 Å². The number of aromatic nitrogens is 6. The molecule has 1 aliphatic heterocycles. The van der Waals surface area contributed by atoms with E-state index < -0.39 is 47.5 Å². The molecule has 1 amide bonds. The Bertz CT molecular complexity index is 1770. The number of nitriles is 1. The van der Waals surface area contributed by atoms with Crippen molar-refractivity contribution in [1.82, 2.24) is 28.7 Å². The maximum atomic E-state index is 13.5. The van der Waals surface area contributed by atoms with Crippen molar-refractivity contribution in [3.63, 3.8) is 0 Å². The van der Waals surface area contributed by atoms with E-state index in [4.69, 9.17) is 5.26 Å². The molecule has 1 saturated carbocycles. The lowest BCUT2D eigenvalue weighted by molar-refractivity contribution is -0.118. The maximum Gasteiger partial charge on any atom is 0.333 e. The van der Waals surface area contributed by atoms with Crippen LogP contribution in [0.15, 0.2) is 39.6 Å². The molecule has 39 heavy (non-hydrogen) atoms. The lowest BCUT2D eigenvalue weighted by Gasteiger charge is -2.20. The third-order valence-corrected chi connectivity index (χ3v) is 8.25. The van der Waals surface area contributed by atoms with Crippen LogP contribution in [0.5, 0.6) is 0 Å². The van der Waals surface area contributed by atoms with E-state index in [1.807, 2.05) is 11.0 Å². The van der Waals surface area contributed by atoms with E-state index in [0.717, 1.165) is 9.13 Å². The van der Waals surface area contributed by atoms with Crippen LogP contribution >= 0.6 is 11.3 Å². The van der Waals surface area contributed by atoms with Gasteiger partial charge < -0.3 is 14.8 Å². The summed E-state index contributed by atoms with van der Waals surface area (Å²) in [6.07, 6.45) is 2.93. The molecule has 1 saturated heterocycles. The van der Waals surface area contributed by atoms with Crippen LogP contribution in [-0.4, -0.2) is 53.6 Å². The molecular weight excluding hydrogens is 532 g/mol. The molecule has 1 N–H and O–H groups in total. The lowest BCUT2D eigenvalue weighted by atomic mass is 10.3. The van der Waals surface area contributed by atoms with E-state index in [-0.39, 0.29) is 11.2 Å². The number of hydrogen-bond donors (Lipinski definition) is 1. The fourth-order valence-corrected chi connectivity index (χ4v) is 5.75. The van der Waals surface area contributed by atoms with Crippen molar-refractivity contribution in [3.8, 4) is 16.6 Å². The number of hydrogen-bond acceptors (Lipinski definition) is 9. The van der Waals surface area contributed by atoms with Gasteiger partial charge in [0.2, 0.25) is 5.91 Å². The molecule has 15 heteroatoms. The summed E-state index contributed by atoms with van der Waals surface area (Å²) in [5.74, 6) is -3.25. The number of carbonyl (C=O) groups excluding carboxylic acids is 1. The third kappa shape index (κ3) is 3.90. The number of nitrogens with zero attached hydrogens (tertiary/aromatic N) is 8. The van der Waals surface area contributed by atoms with Gasteiger partial charge >= 0.3 is 5.69 Å². The molecule has 0 bridgehead atoms. The Hall–Kier alpha value is -4.45. The Kier molecular flexibility index (Phi) is 5.61. The second kappa shape index (κ2) is 8.80. The number of fused-ring (bicyclic) bond motifs is 2. The number of anilines is 2. The second-order valence-corrected chi connectivity index (χ2v) is 10.5. The molecule has 0 radical (unpaired) electrons. The van der Waals surface area contributed by atoms with E-state index in [2.05, 4.69) is 20.3 Å². The van der Waals surface area contributed by atoms with Crippen molar-refractivity contribution in [2.45, 2.75) is 25.4 Å². The van der Waals surface area contributed by atoms with Gasteiger partial charge in [0.05, 0.1) is 24.2 Å². The molecule has 0 spiro atoms. The second-order valence-electron chi connectivity index (χ2n) is 9.62. The maximum absolute atomic E-state index is 13.5. The van der Waals surface area contributed by atoms with E-state index >= 15 is 0 Å². The Labute approximate surface area is 222 Å². The number of rotatable bonds is 6. The van der Waals surface area contributed by atoms with E-state index in [0.29, 0.717) is 35.3 Å². The van der Waals surface area contributed by atoms with Gasteiger partial charge in [-0.1, -0.05) is 0 Å². The summed E-state index contributed by atoms with van der Waals surface area (Å²) >= 11 is 1.30. The van der Waals surface area contributed by atoms with Crippen LogP contribution in [0.1, 0.15) is 13.0 Å². The molecule has 12 nitrogen and oxygen atoms in total. The molecule has 5 heterocycles. The molecule has 0 aromatic carbocycles. The standard InChI is InChI=1S/C24H21F2N9O3S/c1-12(35-11-29-19-18(35)22(37)34(6-5-27)23(38)32(19)2)20(36)30-16-10-39-21(31-16)13-3-4-17(28-7-13)33-8-14-15(9-33)24(14,25)26/h3-4,7,10-12,14-15H,6,8-9H2,1-2H3,(H,30,36)/t12-,14?,15?/m0/s1. The number of halogens is 2. The monoisotopic (exact) mass is 553 g/mol. The highest BCUT2D eigenvalue weighted by Gasteiger charge is 2.71. The van der Waals surface area contributed by atoms with Gasteiger partial charge in [0.1, 0.15) is 29.2 Å². The zero-order valence-corrected chi connectivity index (χ0v) is 21.5. The third-order valence-electron chi connectivity index (χ3n) is 7.36. The minimum absolute atomic E-state index is 0.0270. The van der Waals surface area contributed by atoms with Gasteiger partial charge in [-0.15, -0.1) is 11.3 Å². The van der Waals surface area contributed by atoms with Crippen molar-refractivity contribution in [3.05, 3.63) is 50.9 Å². The number of pyridine rings is 1. The zero-order chi connectivity index (χ0) is 27.6. The van der Waals surface area contributed by atoms with Crippen LogP contribution in [0, 0.1) is 23.2 Å². The summed E-state index contributed by atoms with van der Waals surface area (Å²) < 4.78 is 30.2. The number of aryl methyl sites for hydroxylation is 1. The molecule has 4 aromatic heterocycles. The summed E-state index contributed by atoms with van der Waals surface area (Å²) in [7, 11) is 1.43. The number of nitrogens with one attached hydrogen (secondary N) is 1. The minimum Gasteiger partial charge on any atom is -0.356 e. The number of amides is 1. The first-order chi connectivity index (χ1) is 18.6. The van der Waals surface area contributed by atoms with Crippen LogP contribution in [0.3, 0.4) is 0 Å². The predicted molar refractivity (Wildman–Crippen MR) is 138 cm³/mol. The topological polar surface area (TPSA) is 144 Å². The fraction of sp³-hybridized carbons (Fsp3) is 0.375. The quantitative estimate of drug-likeness (QED) is 0.381. The Morgan fingerprint density at radius 3 is 2.69 bits per heavy atom. The summed E-state index contributed by atoms with van der Waals surface area (Å²) in [6.45, 7) is 1.73. The molecule has 200 valence electrons. The average molecular weight is 554 g/mol. The van der Waals surface area contributed by atoms with Gasteiger partial charge in [-0.2, -0.15) is 5.26 Å². The average Bonchev–Trinajstić information content (AvgIpc) is 3.51. The van der Waals surface area contributed by atoms with E-state index in [1.165, 1.54) is 29.3 Å². The minimum atomic E-state index is -2.55. The van der Waals surface area contributed by atoms with Crippen molar-refractivity contribution in [1.29, 1.82) is 5.26 Å². The zero-order valence-electron chi connectivity index (χ0n) is 20.7. The molecule has 2 fully saturated rings. The highest BCUT2D eigenvalue weighted by atomic mass is 32.1. The van der Waals surface area contributed by atoms with Gasteiger partial charge in [0.25, 0.3) is 11.5 Å². The van der Waals surface area contributed by atoms with Crippen LogP contribution in [0.25, 0.3) is 21.7 Å².